The van der Waals surface area contributed by atoms with Gasteiger partial charge in [0.25, 0.3) is 5.91 Å². The molecule has 0 bridgehead atoms. The third-order valence-corrected chi connectivity index (χ3v) is 5.53. The first-order chi connectivity index (χ1) is 14.5. The normalized spacial score (nSPS) is 14.6. The molecule has 158 valence electrons. The summed E-state index contributed by atoms with van der Waals surface area (Å²) >= 11 is 3.42. The first-order valence-electron chi connectivity index (χ1n) is 9.75. The molecule has 3 rings (SSSR count). The number of rotatable bonds is 6. The Labute approximate surface area is 185 Å². The lowest BCUT2D eigenvalue weighted by molar-refractivity contribution is -0.117. The van der Waals surface area contributed by atoms with Crippen LogP contribution in [0.4, 0.5) is 0 Å². The number of carbonyl (C=O) groups is 2. The van der Waals surface area contributed by atoms with Gasteiger partial charge in [-0.2, -0.15) is 0 Å². The highest BCUT2D eigenvalue weighted by molar-refractivity contribution is 9.10. The van der Waals surface area contributed by atoms with Crippen LogP contribution in [0.5, 0.6) is 11.5 Å². The van der Waals surface area contributed by atoms with E-state index in [1.54, 1.807) is 49.5 Å². The standard InChI is InChI=1S/C23H25BrN2O4/c1-29-20-8-7-17(15-21(20)30-2)23(28)26-12-10-19(11-13-26)25-22(27)9-6-16-4-3-5-18(24)14-16/h3-9,14-15,19H,10-13H2,1-2H3,(H,25,27)/b9-6+. The molecule has 0 unspecified atom stereocenters. The predicted octanol–water partition coefficient (Wildman–Crippen LogP) is 3.90. The summed E-state index contributed by atoms with van der Waals surface area (Å²) in [5.74, 6) is 0.948. The van der Waals surface area contributed by atoms with E-state index >= 15 is 0 Å². The van der Waals surface area contributed by atoms with Gasteiger partial charge in [0, 0.05) is 35.2 Å². The monoisotopic (exact) mass is 472 g/mol. The number of methoxy groups -OCH3 is 2. The molecule has 1 saturated heterocycles. The van der Waals surface area contributed by atoms with E-state index in [2.05, 4.69) is 21.2 Å². The maximum atomic E-state index is 12.8. The van der Waals surface area contributed by atoms with Crippen molar-refractivity contribution in [1.29, 1.82) is 0 Å². The molecule has 2 amide bonds. The number of nitrogens with one attached hydrogen (secondary N) is 1. The Balaban J connectivity index is 1.52. The Hall–Kier alpha value is -2.80. The second kappa shape index (κ2) is 10.3. The van der Waals surface area contributed by atoms with Gasteiger partial charge in [-0.25, -0.2) is 0 Å². The number of halogens is 1. The van der Waals surface area contributed by atoms with Crippen molar-refractivity contribution in [2.75, 3.05) is 27.3 Å². The van der Waals surface area contributed by atoms with Crippen molar-refractivity contribution in [3.8, 4) is 11.5 Å². The molecule has 2 aromatic carbocycles. The van der Waals surface area contributed by atoms with Crippen LogP contribution in [0.25, 0.3) is 6.08 Å². The quantitative estimate of drug-likeness (QED) is 0.647. The fourth-order valence-corrected chi connectivity index (χ4v) is 3.83. The summed E-state index contributed by atoms with van der Waals surface area (Å²) in [7, 11) is 3.11. The third kappa shape index (κ3) is 5.63. The van der Waals surface area contributed by atoms with Crippen molar-refractivity contribution in [3.63, 3.8) is 0 Å². The smallest absolute Gasteiger partial charge is 0.253 e. The van der Waals surface area contributed by atoms with Gasteiger partial charge in [-0.1, -0.05) is 28.1 Å². The van der Waals surface area contributed by atoms with Crippen LogP contribution < -0.4 is 14.8 Å². The summed E-state index contributed by atoms with van der Waals surface area (Å²) in [6, 6.07) is 13.0. The number of piperidine rings is 1. The molecule has 0 atom stereocenters. The first kappa shape index (κ1) is 21.9. The van der Waals surface area contributed by atoms with Crippen molar-refractivity contribution in [1.82, 2.24) is 10.2 Å². The highest BCUT2D eigenvalue weighted by Crippen LogP contribution is 2.28. The second-order valence-corrected chi connectivity index (χ2v) is 7.95. The van der Waals surface area contributed by atoms with E-state index in [0.717, 1.165) is 22.9 Å². The highest BCUT2D eigenvalue weighted by atomic mass is 79.9. The molecule has 1 aliphatic rings. The molecule has 1 N–H and O–H groups in total. The summed E-state index contributed by atoms with van der Waals surface area (Å²) in [6.07, 6.45) is 4.77. The van der Waals surface area contributed by atoms with E-state index in [1.807, 2.05) is 24.3 Å². The van der Waals surface area contributed by atoms with Gasteiger partial charge in [0.15, 0.2) is 11.5 Å². The molecule has 0 spiro atoms. The highest BCUT2D eigenvalue weighted by Gasteiger charge is 2.25. The van der Waals surface area contributed by atoms with Gasteiger partial charge >= 0.3 is 0 Å². The number of ether oxygens (including phenoxy) is 2. The Bertz CT molecular complexity index is 937. The zero-order valence-electron chi connectivity index (χ0n) is 17.1. The SMILES string of the molecule is COc1ccc(C(=O)N2CCC(NC(=O)/C=C/c3cccc(Br)c3)CC2)cc1OC. The molecule has 2 aromatic rings. The molecule has 0 aromatic heterocycles. The lowest BCUT2D eigenvalue weighted by Gasteiger charge is -2.32. The van der Waals surface area contributed by atoms with E-state index in [4.69, 9.17) is 9.47 Å². The molecule has 0 saturated carbocycles. The van der Waals surface area contributed by atoms with Crippen LogP contribution >= 0.6 is 15.9 Å². The lowest BCUT2D eigenvalue weighted by atomic mass is 10.0. The molecular weight excluding hydrogens is 448 g/mol. The van der Waals surface area contributed by atoms with Crippen molar-refractivity contribution < 1.29 is 19.1 Å². The van der Waals surface area contributed by atoms with Crippen LogP contribution in [0.3, 0.4) is 0 Å². The summed E-state index contributed by atoms with van der Waals surface area (Å²) in [6.45, 7) is 1.18. The minimum Gasteiger partial charge on any atom is -0.493 e. The largest absolute Gasteiger partial charge is 0.493 e. The number of likely N-dealkylation sites (tertiary alicyclic amines) is 1. The number of amides is 2. The Morgan fingerprint density at radius 3 is 2.47 bits per heavy atom. The van der Waals surface area contributed by atoms with Crippen LogP contribution in [0.2, 0.25) is 0 Å². The summed E-state index contributed by atoms with van der Waals surface area (Å²) in [4.78, 5) is 26.8. The number of hydrogen-bond acceptors (Lipinski definition) is 4. The summed E-state index contributed by atoms with van der Waals surface area (Å²) in [5.41, 5.74) is 1.52. The van der Waals surface area contributed by atoms with Crippen molar-refractivity contribution in [2.45, 2.75) is 18.9 Å². The number of nitrogens with zero attached hydrogens (tertiary/aromatic N) is 1. The molecule has 0 radical (unpaired) electrons. The van der Waals surface area contributed by atoms with E-state index < -0.39 is 0 Å². The fourth-order valence-electron chi connectivity index (χ4n) is 3.41. The zero-order chi connectivity index (χ0) is 21.5. The van der Waals surface area contributed by atoms with Crippen LogP contribution in [0.15, 0.2) is 53.0 Å². The van der Waals surface area contributed by atoms with Crippen molar-refractivity contribution in [3.05, 3.63) is 64.1 Å². The molecule has 6 nitrogen and oxygen atoms in total. The van der Waals surface area contributed by atoms with Gasteiger partial charge in [-0.15, -0.1) is 0 Å². The molecule has 1 aliphatic heterocycles. The van der Waals surface area contributed by atoms with Gasteiger partial charge in [0.2, 0.25) is 5.91 Å². The Kier molecular flexibility index (Phi) is 7.52. The zero-order valence-corrected chi connectivity index (χ0v) is 18.6. The van der Waals surface area contributed by atoms with Crippen LogP contribution in [0, 0.1) is 0 Å². The minimum atomic E-state index is -0.125. The Morgan fingerprint density at radius 1 is 1.07 bits per heavy atom. The second-order valence-electron chi connectivity index (χ2n) is 7.03. The number of benzene rings is 2. The maximum absolute atomic E-state index is 12.8. The molecular formula is C23H25BrN2O4. The van der Waals surface area contributed by atoms with Crippen molar-refractivity contribution in [2.24, 2.45) is 0 Å². The predicted molar refractivity (Wildman–Crippen MR) is 120 cm³/mol. The van der Waals surface area contributed by atoms with Crippen molar-refractivity contribution >= 4 is 33.8 Å². The van der Waals surface area contributed by atoms with Crippen LogP contribution in [-0.2, 0) is 4.79 Å². The first-order valence-corrected chi connectivity index (χ1v) is 10.5. The van der Waals surface area contributed by atoms with E-state index in [9.17, 15) is 9.59 Å². The van der Waals surface area contributed by atoms with E-state index in [1.165, 1.54) is 0 Å². The number of hydrogen-bond donors (Lipinski definition) is 1. The maximum Gasteiger partial charge on any atom is 0.253 e. The summed E-state index contributed by atoms with van der Waals surface area (Å²) < 4.78 is 11.5. The summed E-state index contributed by atoms with van der Waals surface area (Å²) in [5, 5.41) is 3.02. The van der Waals surface area contributed by atoms with Gasteiger partial charge in [0.05, 0.1) is 14.2 Å². The van der Waals surface area contributed by atoms with E-state index in [-0.39, 0.29) is 17.9 Å². The molecule has 30 heavy (non-hydrogen) atoms. The topological polar surface area (TPSA) is 67.9 Å². The van der Waals surface area contributed by atoms with Gasteiger partial charge < -0.3 is 19.7 Å². The van der Waals surface area contributed by atoms with E-state index in [0.29, 0.717) is 30.2 Å². The minimum absolute atomic E-state index is 0.0460. The third-order valence-electron chi connectivity index (χ3n) is 5.03. The average Bonchev–Trinajstić information content (AvgIpc) is 2.77. The fraction of sp³-hybridized carbons (Fsp3) is 0.304. The van der Waals surface area contributed by atoms with Gasteiger partial charge in [0.1, 0.15) is 0 Å². The number of carbonyl (C=O) groups excluding carboxylic acids is 2. The molecule has 1 heterocycles. The molecule has 1 fully saturated rings. The molecule has 0 aliphatic carbocycles. The van der Waals surface area contributed by atoms with Gasteiger partial charge in [-0.3, -0.25) is 9.59 Å². The van der Waals surface area contributed by atoms with Crippen LogP contribution in [0.1, 0.15) is 28.8 Å². The lowest BCUT2D eigenvalue weighted by Crippen LogP contribution is -2.46. The molecule has 7 heteroatoms. The van der Waals surface area contributed by atoms with Crippen LogP contribution in [-0.4, -0.2) is 50.1 Å². The van der Waals surface area contributed by atoms with Gasteiger partial charge in [-0.05, 0) is 54.8 Å². The Morgan fingerprint density at radius 2 is 1.80 bits per heavy atom. The average molecular weight is 473 g/mol.